The van der Waals surface area contributed by atoms with Crippen LogP contribution < -0.4 is 4.90 Å². The van der Waals surface area contributed by atoms with Crippen molar-refractivity contribution in [1.29, 1.82) is 0 Å². The Morgan fingerprint density at radius 1 is 1.33 bits per heavy atom. The number of hydrogen-bond donors (Lipinski definition) is 1. The van der Waals surface area contributed by atoms with Crippen LogP contribution in [0.4, 0.5) is 5.82 Å². The van der Waals surface area contributed by atoms with E-state index in [0.29, 0.717) is 18.8 Å². The summed E-state index contributed by atoms with van der Waals surface area (Å²) in [6.07, 6.45) is 2.53. The van der Waals surface area contributed by atoms with Crippen LogP contribution in [0.1, 0.15) is 29.8 Å². The zero-order chi connectivity index (χ0) is 15.1. The van der Waals surface area contributed by atoms with Gasteiger partial charge in [0.25, 0.3) is 0 Å². The van der Waals surface area contributed by atoms with Crippen molar-refractivity contribution in [1.82, 2.24) is 4.98 Å². The lowest BCUT2D eigenvalue weighted by atomic mass is 9.79. The van der Waals surface area contributed by atoms with E-state index in [0.717, 1.165) is 19.4 Å². The highest BCUT2D eigenvalue weighted by Crippen LogP contribution is 2.41. The maximum atomic E-state index is 11.8. The maximum Gasteiger partial charge on any atom is 0.354 e. The standard InChI is InChI=1S/C14H18N2O4S/c17-13(18)11-3-1-4-12(15-11)16-7-2-5-14(9-16)6-8-21(19,20)10-14/h1,3-4H,2,5-10H2,(H,17,18). The molecule has 0 saturated carbocycles. The summed E-state index contributed by atoms with van der Waals surface area (Å²) in [5.74, 6) is 0.0868. The number of hydrogen-bond acceptors (Lipinski definition) is 5. The van der Waals surface area contributed by atoms with Gasteiger partial charge in [-0.2, -0.15) is 0 Å². The van der Waals surface area contributed by atoms with Gasteiger partial charge in [0.15, 0.2) is 15.5 Å². The van der Waals surface area contributed by atoms with Crippen molar-refractivity contribution in [2.45, 2.75) is 19.3 Å². The lowest BCUT2D eigenvalue weighted by Gasteiger charge is -2.40. The highest BCUT2D eigenvalue weighted by atomic mass is 32.2. The number of carbonyl (C=O) groups is 1. The third-order valence-corrected chi connectivity index (χ3v) is 6.29. The second-order valence-corrected chi connectivity index (χ2v) is 8.24. The summed E-state index contributed by atoms with van der Waals surface area (Å²) in [5, 5.41) is 9.02. The molecule has 6 nitrogen and oxygen atoms in total. The molecule has 1 unspecified atom stereocenters. The Kier molecular flexibility index (Phi) is 3.39. The van der Waals surface area contributed by atoms with Crippen molar-refractivity contribution < 1.29 is 18.3 Å². The molecule has 0 aliphatic carbocycles. The number of aromatic carboxylic acids is 1. The number of nitrogens with zero attached hydrogens (tertiary/aromatic N) is 2. The highest BCUT2D eigenvalue weighted by Gasteiger charge is 2.44. The van der Waals surface area contributed by atoms with Crippen LogP contribution in [-0.2, 0) is 9.84 Å². The molecule has 0 aromatic carbocycles. The molecule has 114 valence electrons. The summed E-state index contributed by atoms with van der Waals surface area (Å²) in [7, 11) is -2.92. The predicted octanol–water partition coefficient (Wildman–Crippen LogP) is 1.18. The zero-order valence-electron chi connectivity index (χ0n) is 11.7. The first kappa shape index (κ1) is 14.3. The quantitative estimate of drug-likeness (QED) is 0.882. The van der Waals surface area contributed by atoms with E-state index in [4.69, 9.17) is 5.11 Å². The third-order valence-electron chi connectivity index (χ3n) is 4.41. The van der Waals surface area contributed by atoms with Gasteiger partial charge in [-0.15, -0.1) is 0 Å². The second-order valence-electron chi connectivity index (χ2n) is 6.05. The van der Waals surface area contributed by atoms with E-state index in [1.165, 1.54) is 6.07 Å². The summed E-state index contributed by atoms with van der Waals surface area (Å²) in [6.45, 7) is 1.43. The summed E-state index contributed by atoms with van der Waals surface area (Å²) in [6, 6.07) is 4.93. The first-order valence-corrected chi connectivity index (χ1v) is 8.87. The number of carboxylic acid groups (broad SMARTS) is 1. The number of rotatable bonds is 2. The molecule has 0 radical (unpaired) electrons. The third kappa shape index (κ3) is 2.88. The van der Waals surface area contributed by atoms with E-state index in [-0.39, 0.29) is 22.6 Å². The van der Waals surface area contributed by atoms with Crippen LogP contribution >= 0.6 is 0 Å². The Bertz CT molecular complexity index is 673. The van der Waals surface area contributed by atoms with Gasteiger partial charge >= 0.3 is 5.97 Å². The van der Waals surface area contributed by atoms with Gasteiger partial charge in [-0.05, 0) is 31.4 Å². The molecule has 21 heavy (non-hydrogen) atoms. The van der Waals surface area contributed by atoms with Crippen LogP contribution in [0.5, 0.6) is 0 Å². The van der Waals surface area contributed by atoms with Crippen molar-refractivity contribution in [2.75, 3.05) is 29.5 Å². The molecule has 2 aliphatic rings. The molecule has 3 rings (SSSR count). The van der Waals surface area contributed by atoms with Gasteiger partial charge in [-0.25, -0.2) is 18.2 Å². The van der Waals surface area contributed by atoms with Crippen LogP contribution in [0.25, 0.3) is 0 Å². The summed E-state index contributed by atoms with van der Waals surface area (Å²) in [4.78, 5) is 17.2. The van der Waals surface area contributed by atoms with E-state index in [9.17, 15) is 13.2 Å². The summed E-state index contributed by atoms with van der Waals surface area (Å²) < 4.78 is 23.6. The second kappa shape index (κ2) is 4.98. The number of anilines is 1. The van der Waals surface area contributed by atoms with Crippen LogP contribution in [0.15, 0.2) is 18.2 Å². The Hall–Kier alpha value is -1.63. The maximum absolute atomic E-state index is 11.8. The Balaban J connectivity index is 1.84. The van der Waals surface area contributed by atoms with Crippen molar-refractivity contribution in [3.8, 4) is 0 Å². The first-order valence-electron chi connectivity index (χ1n) is 7.05. The van der Waals surface area contributed by atoms with Crippen molar-refractivity contribution >= 4 is 21.6 Å². The first-order chi connectivity index (χ1) is 9.89. The predicted molar refractivity (Wildman–Crippen MR) is 78.3 cm³/mol. The minimum atomic E-state index is -2.92. The molecule has 1 atom stereocenters. The number of carboxylic acids is 1. The Morgan fingerprint density at radius 3 is 2.81 bits per heavy atom. The monoisotopic (exact) mass is 310 g/mol. The number of piperidine rings is 1. The molecule has 2 fully saturated rings. The van der Waals surface area contributed by atoms with Crippen LogP contribution in [0.3, 0.4) is 0 Å². The van der Waals surface area contributed by atoms with Gasteiger partial charge in [-0.3, -0.25) is 0 Å². The van der Waals surface area contributed by atoms with Crippen molar-refractivity contribution in [3.63, 3.8) is 0 Å². The SMILES string of the molecule is O=C(O)c1cccc(N2CCCC3(CCS(=O)(=O)C3)C2)n1. The smallest absolute Gasteiger partial charge is 0.354 e. The van der Waals surface area contributed by atoms with Gasteiger partial charge in [0, 0.05) is 18.5 Å². The van der Waals surface area contributed by atoms with E-state index in [1.807, 2.05) is 4.90 Å². The Morgan fingerprint density at radius 2 is 2.14 bits per heavy atom. The molecule has 2 saturated heterocycles. The molecule has 1 spiro atoms. The van der Waals surface area contributed by atoms with Gasteiger partial charge < -0.3 is 10.0 Å². The molecular weight excluding hydrogens is 292 g/mol. The molecule has 1 aromatic rings. The van der Waals surface area contributed by atoms with Crippen LogP contribution in [0, 0.1) is 5.41 Å². The molecule has 2 aliphatic heterocycles. The van der Waals surface area contributed by atoms with Gasteiger partial charge in [0.05, 0.1) is 11.5 Å². The Labute approximate surface area is 123 Å². The van der Waals surface area contributed by atoms with E-state index >= 15 is 0 Å². The van der Waals surface area contributed by atoms with E-state index < -0.39 is 15.8 Å². The molecule has 0 bridgehead atoms. The lowest BCUT2D eigenvalue weighted by Crippen LogP contribution is -2.44. The molecule has 0 amide bonds. The highest BCUT2D eigenvalue weighted by molar-refractivity contribution is 7.91. The van der Waals surface area contributed by atoms with Crippen molar-refractivity contribution in [3.05, 3.63) is 23.9 Å². The average molecular weight is 310 g/mol. The fourth-order valence-corrected chi connectivity index (χ4v) is 5.63. The molecule has 3 heterocycles. The topological polar surface area (TPSA) is 87.6 Å². The van der Waals surface area contributed by atoms with E-state index in [2.05, 4.69) is 4.98 Å². The zero-order valence-corrected chi connectivity index (χ0v) is 12.5. The lowest BCUT2D eigenvalue weighted by molar-refractivity contribution is 0.0690. The van der Waals surface area contributed by atoms with Crippen molar-refractivity contribution in [2.24, 2.45) is 5.41 Å². The summed E-state index contributed by atoms with van der Waals surface area (Å²) >= 11 is 0. The van der Waals surface area contributed by atoms with E-state index in [1.54, 1.807) is 12.1 Å². The molecule has 1 aromatic heterocycles. The fraction of sp³-hybridized carbons (Fsp3) is 0.571. The van der Waals surface area contributed by atoms with Gasteiger partial charge in [0.2, 0.25) is 0 Å². The average Bonchev–Trinajstić information content (AvgIpc) is 2.74. The van der Waals surface area contributed by atoms with Crippen LogP contribution in [0.2, 0.25) is 0 Å². The normalized spacial score (nSPS) is 27.9. The van der Waals surface area contributed by atoms with Crippen LogP contribution in [-0.4, -0.2) is 49.1 Å². The minimum Gasteiger partial charge on any atom is -0.477 e. The van der Waals surface area contributed by atoms with Gasteiger partial charge in [-0.1, -0.05) is 6.07 Å². The minimum absolute atomic E-state index is 0.0196. The largest absolute Gasteiger partial charge is 0.477 e. The number of aromatic nitrogens is 1. The fourth-order valence-electron chi connectivity index (χ4n) is 3.43. The van der Waals surface area contributed by atoms with Gasteiger partial charge in [0.1, 0.15) is 5.82 Å². The molecule has 1 N–H and O–H groups in total. The molecule has 7 heteroatoms. The number of pyridine rings is 1. The number of sulfone groups is 1. The summed E-state index contributed by atoms with van der Waals surface area (Å²) in [5.41, 5.74) is -0.163. The molecular formula is C14H18N2O4S.